The van der Waals surface area contributed by atoms with Crippen molar-refractivity contribution in [2.45, 2.75) is 45.5 Å². The molecule has 1 atom stereocenters. The van der Waals surface area contributed by atoms with E-state index >= 15 is 0 Å². The van der Waals surface area contributed by atoms with Crippen molar-refractivity contribution in [3.63, 3.8) is 0 Å². The Balaban J connectivity index is 2.14. The van der Waals surface area contributed by atoms with Gasteiger partial charge in [0.25, 0.3) is 0 Å². The van der Waals surface area contributed by atoms with Crippen LogP contribution < -0.4 is 4.90 Å². The van der Waals surface area contributed by atoms with E-state index in [1.165, 1.54) is 0 Å². The third-order valence-corrected chi connectivity index (χ3v) is 3.87. The molecule has 1 aliphatic heterocycles. The molecular formula is C16H21ClF3N3O2. The van der Waals surface area contributed by atoms with E-state index in [0.29, 0.717) is 19.6 Å². The molecule has 1 aliphatic rings. The molecule has 9 heteroatoms. The van der Waals surface area contributed by atoms with Crippen molar-refractivity contribution in [1.29, 1.82) is 0 Å². The molecule has 0 bridgehead atoms. The number of piperazine rings is 1. The Morgan fingerprint density at radius 3 is 2.44 bits per heavy atom. The van der Waals surface area contributed by atoms with Crippen molar-refractivity contribution in [2.24, 2.45) is 0 Å². The monoisotopic (exact) mass is 379 g/mol. The third kappa shape index (κ3) is 5.14. The Bertz CT molecular complexity index is 646. The van der Waals surface area contributed by atoms with Crippen LogP contribution in [0.25, 0.3) is 0 Å². The van der Waals surface area contributed by atoms with Crippen LogP contribution in [0.1, 0.15) is 33.3 Å². The smallest absolute Gasteiger partial charge is 0.416 e. The quantitative estimate of drug-likeness (QED) is 0.686. The number of amides is 1. The second kappa shape index (κ2) is 6.90. The molecule has 0 spiro atoms. The molecule has 0 unspecified atom stereocenters. The van der Waals surface area contributed by atoms with Crippen LogP contribution in [0.15, 0.2) is 12.1 Å². The maximum absolute atomic E-state index is 13.0. The van der Waals surface area contributed by atoms with E-state index in [2.05, 4.69) is 4.98 Å². The highest BCUT2D eigenvalue weighted by atomic mass is 35.5. The van der Waals surface area contributed by atoms with Crippen molar-refractivity contribution < 1.29 is 22.7 Å². The number of carbonyl (C=O) groups is 1. The van der Waals surface area contributed by atoms with Crippen molar-refractivity contribution in [1.82, 2.24) is 9.88 Å². The van der Waals surface area contributed by atoms with Crippen LogP contribution >= 0.6 is 11.6 Å². The minimum atomic E-state index is -4.50. The van der Waals surface area contributed by atoms with Crippen LogP contribution in [-0.2, 0) is 10.9 Å². The van der Waals surface area contributed by atoms with E-state index in [1.807, 2.05) is 6.92 Å². The SMILES string of the molecule is C[C@@H]1CN(C(=O)OC(C)(C)C)CCN1c1cc(C(F)(F)F)cc(Cl)n1. The molecule has 0 saturated carbocycles. The number of nitrogens with zero attached hydrogens (tertiary/aromatic N) is 3. The molecule has 1 saturated heterocycles. The molecule has 0 radical (unpaired) electrons. The van der Waals surface area contributed by atoms with Gasteiger partial charge in [-0.15, -0.1) is 0 Å². The second-order valence-corrected chi connectivity index (χ2v) is 7.39. The van der Waals surface area contributed by atoms with E-state index in [-0.39, 0.29) is 17.0 Å². The normalized spacial score (nSPS) is 19.1. The number of hydrogen-bond donors (Lipinski definition) is 0. The van der Waals surface area contributed by atoms with Gasteiger partial charge in [0.05, 0.1) is 5.56 Å². The van der Waals surface area contributed by atoms with E-state index in [4.69, 9.17) is 16.3 Å². The number of carbonyl (C=O) groups excluding carboxylic acids is 1. The summed E-state index contributed by atoms with van der Waals surface area (Å²) in [7, 11) is 0. The molecule has 1 fully saturated rings. The lowest BCUT2D eigenvalue weighted by Gasteiger charge is -2.41. The van der Waals surface area contributed by atoms with Crippen molar-refractivity contribution >= 4 is 23.5 Å². The summed E-state index contributed by atoms with van der Waals surface area (Å²) in [6.07, 6.45) is -4.93. The van der Waals surface area contributed by atoms with Crippen LogP contribution in [0.4, 0.5) is 23.8 Å². The molecule has 0 N–H and O–H groups in total. The average molecular weight is 380 g/mol. The maximum Gasteiger partial charge on any atom is 0.416 e. The second-order valence-electron chi connectivity index (χ2n) is 7.00. The summed E-state index contributed by atoms with van der Waals surface area (Å²) in [5.41, 5.74) is -1.45. The van der Waals surface area contributed by atoms with Crippen molar-refractivity contribution in [3.8, 4) is 0 Å². The molecule has 2 heterocycles. The van der Waals surface area contributed by atoms with Crippen LogP contribution in [0.2, 0.25) is 5.15 Å². The molecule has 25 heavy (non-hydrogen) atoms. The molecule has 1 aromatic rings. The lowest BCUT2D eigenvalue weighted by Crippen LogP contribution is -2.54. The van der Waals surface area contributed by atoms with Gasteiger partial charge in [-0.3, -0.25) is 0 Å². The first-order valence-electron chi connectivity index (χ1n) is 7.86. The van der Waals surface area contributed by atoms with E-state index < -0.39 is 23.4 Å². The maximum atomic E-state index is 13.0. The Kier molecular flexibility index (Phi) is 5.41. The Morgan fingerprint density at radius 2 is 1.92 bits per heavy atom. The van der Waals surface area contributed by atoms with Gasteiger partial charge in [-0.1, -0.05) is 11.6 Å². The first-order valence-corrected chi connectivity index (χ1v) is 8.24. The summed E-state index contributed by atoms with van der Waals surface area (Å²) in [5.74, 6) is 0.149. The topological polar surface area (TPSA) is 45.7 Å². The van der Waals surface area contributed by atoms with Crippen LogP contribution in [0.5, 0.6) is 0 Å². The van der Waals surface area contributed by atoms with E-state index in [9.17, 15) is 18.0 Å². The number of ether oxygens (including phenoxy) is 1. The van der Waals surface area contributed by atoms with Crippen LogP contribution in [0.3, 0.4) is 0 Å². The number of halogens is 4. The molecule has 1 aromatic heterocycles. The van der Waals surface area contributed by atoms with Gasteiger partial charge in [-0.2, -0.15) is 13.2 Å². The number of aromatic nitrogens is 1. The lowest BCUT2D eigenvalue weighted by molar-refractivity contribution is -0.137. The summed E-state index contributed by atoms with van der Waals surface area (Å²) in [6, 6.07) is 1.55. The summed E-state index contributed by atoms with van der Waals surface area (Å²) in [5, 5.41) is -0.216. The molecule has 1 amide bonds. The molecule has 2 rings (SSSR count). The van der Waals surface area contributed by atoms with Gasteiger partial charge in [-0.05, 0) is 39.8 Å². The van der Waals surface area contributed by atoms with Crippen LogP contribution in [-0.4, -0.2) is 47.3 Å². The number of anilines is 1. The van der Waals surface area contributed by atoms with E-state index in [1.54, 1.807) is 30.6 Å². The van der Waals surface area contributed by atoms with Gasteiger partial charge < -0.3 is 14.5 Å². The zero-order valence-electron chi connectivity index (χ0n) is 14.5. The fourth-order valence-electron chi connectivity index (χ4n) is 2.58. The van der Waals surface area contributed by atoms with Crippen molar-refractivity contribution in [3.05, 3.63) is 22.8 Å². The van der Waals surface area contributed by atoms with Gasteiger partial charge in [0.15, 0.2) is 0 Å². The Morgan fingerprint density at radius 1 is 1.28 bits per heavy atom. The number of pyridine rings is 1. The fourth-order valence-corrected chi connectivity index (χ4v) is 2.79. The predicted octanol–water partition coefficient (Wildman–Crippen LogP) is 4.20. The van der Waals surface area contributed by atoms with E-state index in [0.717, 1.165) is 12.1 Å². The number of alkyl halides is 3. The summed E-state index contributed by atoms with van der Waals surface area (Å²) in [6.45, 7) is 8.13. The number of rotatable bonds is 1. The van der Waals surface area contributed by atoms with Gasteiger partial charge in [0, 0.05) is 25.7 Å². The largest absolute Gasteiger partial charge is 0.444 e. The third-order valence-electron chi connectivity index (χ3n) is 3.68. The minimum Gasteiger partial charge on any atom is -0.444 e. The molecule has 0 aliphatic carbocycles. The highest BCUT2D eigenvalue weighted by Crippen LogP contribution is 2.33. The minimum absolute atomic E-state index is 0.149. The lowest BCUT2D eigenvalue weighted by atomic mass is 10.1. The Hall–Kier alpha value is -1.70. The highest BCUT2D eigenvalue weighted by molar-refractivity contribution is 6.29. The summed E-state index contributed by atoms with van der Waals surface area (Å²) in [4.78, 5) is 19.4. The van der Waals surface area contributed by atoms with Gasteiger partial charge in [0.1, 0.15) is 16.6 Å². The Labute approximate surface area is 149 Å². The van der Waals surface area contributed by atoms with Gasteiger partial charge in [-0.25, -0.2) is 9.78 Å². The highest BCUT2D eigenvalue weighted by Gasteiger charge is 2.34. The van der Waals surface area contributed by atoms with Gasteiger partial charge >= 0.3 is 12.3 Å². The summed E-state index contributed by atoms with van der Waals surface area (Å²) < 4.78 is 44.2. The predicted molar refractivity (Wildman–Crippen MR) is 88.9 cm³/mol. The number of hydrogen-bond acceptors (Lipinski definition) is 4. The first-order chi connectivity index (χ1) is 11.4. The van der Waals surface area contributed by atoms with Gasteiger partial charge in [0.2, 0.25) is 0 Å². The average Bonchev–Trinajstić information content (AvgIpc) is 2.43. The fraction of sp³-hybridized carbons (Fsp3) is 0.625. The molecule has 5 nitrogen and oxygen atoms in total. The van der Waals surface area contributed by atoms with Crippen molar-refractivity contribution in [2.75, 3.05) is 24.5 Å². The zero-order valence-corrected chi connectivity index (χ0v) is 15.3. The standard InChI is InChI=1S/C16H21ClF3N3O2/c1-10-9-22(14(24)25-15(2,3)4)5-6-23(10)13-8-11(16(18,19)20)7-12(17)21-13/h7-8,10H,5-6,9H2,1-4H3/t10-/m1/s1. The molecule has 0 aromatic carbocycles. The summed E-state index contributed by atoms with van der Waals surface area (Å²) >= 11 is 5.75. The van der Waals surface area contributed by atoms with Crippen LogP contribution in [0, 0.1) is 0 Å². The molecule has 140 valence electrons. The zero-order chi connectivity index (χ0) is 19.0. The molecular weight excluding hydrogens is 359 g/mol. The first kappa shape index (κ1) is 19.6.